The Kier molecular flexibility index (Phi) is 7.67. The van der Waals surface area contributed by atoms with E-state index in [1.165, 1.54) is 18.4 Å². The quantitative estimate of drug-likeness (QED) is 0.817. The Morgan fingerprint density at radius 3 is 2.45 bits per heavy atom. The molecule has 0 aliphatic heterocycles. The van der Waals surface area contributed by atoms with Gasteiger partial charge < -0.3 is 10.2 Å². The van der Waals surface area contributed by atoms with Gasteiger partial charge in [-0.05, 0) is 49.9 Å². The van der Waals surface area contributed by atoms with Crippen LogP contribution >= 0.6 is 24.0 Å². The molecule has 1 aromatic carbocycles. The van der Waals surface area contributed by atoms with Gasteiger partial charge in [0.15, 0.2) is 0 Å². The highest BCUT2D eigenvalue weighted by Gasteiger charge is 2.24. The maximum absolute atomic E-state index is 12.2. The molecule has 124 valence electrons. The van der Waals surface area contributed by atoms with Crippen molar-refractivity contribution in [3.63, 3.8) is 0 Å². The fraction of sp³-hybridized carbons (Fsp3) is 0.588. The molecule has 0 bridgehead atoms. The Balaban J connectivity index is 0.00000242. The fourth-order valence-electron chi connectivity index (χ4n) is 2.44. The molecule has 1 fully saturated rings. The van der Waals surface area contributed by atoms with Crippen molar-refractivity contribution in [3.05, 3.63) is 34.9 Å². The molecule has 22 heavy (non-hydrogen) atoms. The Hall–Kier alpha value is -0.770. The second-order valence-electron chi connectivity index (χ2n) is 6.16. The molecule has 0 spiro atoms. The van der Waals surface area contributed by atoms with Gasteiger partial charge in [0.25, 0.3) is 0 Å². The van der Waals surface area contributed by atoms with Crippen molar-refractivity contribution in [2.24, 2.45) is 5.92 Å². The third kappa shape index (κ3) is 5.45. The molecule has 2 atom stereocenters. The summed E-state index contributed by atoms with van der Waals surface area (Å²) in [5, 5.41) is 4.00. The van der Waals surface area contributed by atoms with Gasteiger partial charge in [-0.15, -0.1) is 12.4 Å². The van der Waals surface area contributed by atoms with E-state index in [9.17, 15) is 4.79 Å². The number of halogens is 2. The Morgan fingerprint density at radius 2 is 1.91 bits per heavy atom. The van der Waals surface area contributed by atoms with Crippen LogP contribution in [-0.4, -0.2) is 37.0 Å². The van der Waals surface area contributed by atoms with Crippen LogP contribution in [-0.2, 0) is 4.79 Å². The number of nitrogens with zero attached hydrogens (tertiary/aromatic N) is 1. The van der Waals surface area contributed by atoms with Crippen molar-refractivity contribution >= 4 is 29.9 Å². The van der Waals surface area contributed by atoms with E-state index >= 15 is 0 Å². The number of amides is 1. The number of likely N-dealkylation sites (N-methyl/N-ethyl adjacent to an activating group) is 1. The largest absolute Gasteiger partial charge is 0.341 e. The predicted octanol–water partition coefficient (Wildman–Crippen LogP) is 3.71. The molecule has 2 rings (SSSR count). The highest BCUT2D eigenvalue weighted by atomic mass is 35.5. The van der Waals surface area contributed by atoms with Crippen molar-refractivity contribution in [2.45, 2.75) is 38.6 Å². The zero-order chi connectivity index (χ0) is 15.4. The molecular formula is C17H26Cl2N2O. The Labute approximate surface area is 144 Å². The molecule has 0 radical (unpaired) electrons. The minimum Gasteiger partial charge on any atom is -0.341 e. The van der Waals surface area contributed by atoms with Crippen LogP contribution in [0, 0.1) is 5.92 Å². The standard InChI is InChI=1S/C17H25ClN2O.ClH/c1-12(15-6-8-16(18)9-7-15)13(2)20(3)17(21)11-19-10-14-4-5-14;/h6-9,12-14,19H,4-5,10-11H2,1-3H3;1H. The van der Waals surface area contributed by atoms with Crippen LogP contribution in [0.1, 0.15) is 38.2 Å². The van der Waals surface area contributed by atoms with E-state index in [0.29, 0.717) is 6.54 Å². The van der Waals surface area contributed by atoms with Gasteiger partial charge in [-0.3, -0.25) is 4.79 Å². The van der Waals surface area contributed by atoms with Gasteiger partial charge in [0, 0.05) is 24.0 Å². The summed E-state index contributed by atoms with van der Waals surface area (Å²) in [6, 6.07) is 8.03. The lowest BCUT2D eigenvalue weighted by molar-refractivity contribution is -0.131. The van der Waals surface area contributed by atoms with Gasteiger partial charge in [0.1, 0.15) is 0 Å². The van der Waals surface area contributed by atoms with Crippen LogP contribution in [0.25, 0.3) is 0 Å². The molecule has 0 heterocycles. The molecule has 0 saturated heterocycles. The number of benzene rings is 1. The van der Waals surface area contributed by atoms with Gasteiger partial charge in [0.05, 0.1) is 6.54 Å². The lowest BCUT2D eigenvalue weighted by atomic mass is 9.93. The lowest BCUT2D eigenvalue weighted by Gasteiger charge is -2.30. The number of nitrogens with one attached hydrogen (secondary N) is 1. The average Bonchev–Trinajstić information content (AvgIpc) is 3.30. The zero-order valence-electron chi connectivity index (χ0n) is 13.5. The predicted molar refractivity (Wildman–Crippen MR) is 94.9 cm³/mol. The number of hydrogen-bond donors (Lipinski definition) is 1. The molecule has 2 unspecified atom stereocenters. The number of carbonyl (C=O) groups is 1. The fourth-order valence-corrected chi connectivity index (χ4v) is 2.56. The minimum absolute atomic E-state index is 0. The van der Waals surface area contributed by atoms with Crippen LogP contribution in [0.15, 0.2) is 24.3 Å². The Morgan fingerprint density at radius 1 is 1.32 bits per heavy atom. The van der Waals surface area contributed by atoms with Crippen LogP contribution in [0.2, 0.25) is 5.02 Å². The van der Waals surface area contributed by atoms with E-state index in [1.54, 1.807) is 0 Å². The summed E-state index contributed by atoms with van der Waals surface area (Å²) in [6.45, 7) is 5.65. The van der Waals surface area contributed by atoms with E-state index < -0.39 is 0 Å². The van der Waals surface area contributed by atoms with E-state index in [1.807, 2.05) is 36.2 Å². The van der Waals surface area contributed by atoms with Crippen LogP contribution in [0.5, 0.6) is 0 Å². The second-order valence-corrected chi connectivity index (χ2v) is 6.60. The molecule has 1 N–H and O–H groups in total. The summed E-state index contributed by atoms with van der Waals surface area (Å²) < 4.78 is 0. The zero-order valence-corrected chi connectivity index (χ0v) is 15.1. The first-order valence-corrected chi connectivity index (χ1v) is 8.08. The first-order valence-electron chi connectivity index (χ1n) is 7.71. The number of hydrogen-bond acceptors (Lipinski definition) is 2. The maximum Gasteiger partial charge on any atom is 0.236 e. The third-order valence-electron chi connectivity index (χ3n) is 4.53. The minimum atomic E-state index is 0. The maximum atomic E-state index is 12.2. The first kappa shape index (κ1) is 19.3. The van der Waals surface area contributed by atoms with Crippen molar-refractivity contribution in [1.82, 2.24) is 10.2 Å². The van der Waals surface area contributed by atoms with Crippen LogP contribution in [0.3, 0.4) is 0 Å². The summed E-state index contributed by atoms with van der Waals surface area (Å²) in [4.78, 5) is 14.1. The van der Waals surface area contributed by atoms with Crippen molar-refractivity contribution in [3.8, 4) is 0 Å². The van der Waals surface area contributed by atoms with Gasteiger partial charge in [-0.25, -0.2) is 0 Å². The van der Waals surface area contributed by atoms with Gasteiger partial charge in [-0.1, -0.05) is 30.7 Å². The van der Waals surface area contributed by atoms with E-state index in [-0.39, 0.29) is 30.3 Å². The molecule has 1 saturated carbocycles. The summed E-state index contributed by atoms with van der Waals surface area (Å²) in [5.41, 5.74) is 1.21. The molecule has 5 heteroatoms. The molecule has 1 aromatic rings. The molecule has 1 amide bonds. The summed E-state index contributed by atoms with van der Waals surface area (Å²) >= 11 is 5.92. The SMILES string of the molecule is CC(c1ccc(Cl)cc1)C(C)N(C)C(=O)CNCC1CC1.Cl. The van der Waals surface area contributed by atoms with Crippen molar-refractivity contribution < 1.29 is 4.79 Å². The van der Waals surface area contributed by atoms with E-state index in [2.05, 4.69) is 19.2 Å². The van der Waals surface area contributed by atoms with E-state index in [0.717, 1.165) is 17.5 Å². The van der Waals surface area contributed by atoms with Gasteiger partial charge in [-0.2, -0.15) is 0 Å². The monoisotopic (exact) mass is 344 g/mol. The van der Waals surface area contributed by atoms with E-state index in [4.69, 9.17) is 11.6 Å². The van der Waals surface area contributed by atoms with Gasteiger partial charge in [0.2, 0.25) is 5.91 Å². The first-order chi connectivity index (χ1) is 9.99. The summed E-state index contributed by atoms with van der Waals surface area (Å²) in [5.74, 6) is 1.23. The number of carbonyl (C=O) groups excluding carboxylic acids is 1. The lowest BCUT2D eigenvalue weighted by Crippen LogP contribution is -2.43. The van der Waals surface area contributed by atoms with Crippen LogP contribution in [0.4, 0.5) is 0 Å². The molecule has 1 aliphatic carbocycles. The normalized spacial score (nSPS) is 16.5. The number of rotatable bonds is 7. The summed E-state index contributed by atoms with van der Waals surface area (Å²) in [6.07, 6.45) is 2.61. The Bertz CT molecular complexity index is 474. The van der Waals surface area contributed by atoms with Crippen LogP contribution < -0.4 is 5.32 Å². The van der Waals surface area contributed by atoms with Crippen molar-refractivity contribution in [2.75, 3.05) is 20.1 Å². The molecule has 0 aromatic heterocycles. The topological polar surface area (TPSA) is 32.3 Å². The van der Waals surface area contributed by atoms with Gasteiger partial charge >= 0.3 is 0 Å². The molecular weight excluding hydrogens is 319 g/mol. The third-order valence-corrected chi connectivity index (χ3v) is 4.78. The molecule has 3 nitrogen and oxygen atoms in total. The average molecular weight is 345 g/mol. The highest BCUT2D eigenvalue weighted by molar-refractivity contribution is 6.30. The smallest absolute Gasteiger partial charge is 0.236 e. The molecule has 1 aliphatic rings. The summed E-state index contributed by atoms with van der Waals surface area (Å²) in [7, 11) is 1.89. The highest BCUT2D eigenvalue weighted by Crippen LogP contribution is 2.27. The van der Waals surface area contributed by atoms with Crippen molar-refractivity contribution in [1.29, 1.82) is 0 Å². The second kappa shape index (κ2) is 8.76.